The van der Waals surface area contributed by atoms with Gasteiger partial charge in [-0.1, -0.05) is 11.6 Å². The third kappa shape index (κ3) is 4.28. The molecule has 2 rings (SSSR count). The predicted octanol–water partition coefficient (Wildman–Crippen LogP) is 4.36. The molecule has 0 atom stereocenters. The molecule has 0 heterocycles. The van der Waals surface area contributed by atoms with Crippen molar-refractivity contribution in [3.63, 3.8) is 0 Å². The van der Waals surface area contributed by atoms with Gasteiger partial charge in [-0.3, -0.25) is 4.79 Å². The first-order valence-corrected chi connectivity index (χ1v) is 7.87. The van der Waals surface area contributed by atoms with E-state index in [-0.39, 0.29) is 17.1 Å². The Morgan fingerprint density at radius 3 is 2.62 bits per heavy atom. The van der Waals surface area contributed by atoms with Crippen molar-refractivity contribution in [2.75, 3.05) is 12.4 Å². The Balaban J connectivity index is 2.29. The SMILES string of the molecule is COc1cc(/C=C(\C#N)C(=O)Nc2ccc(Cl)cc2)cc(Br)c1O. The molecule has 7 heteroatoms. The Labute approximate surface area is 152 Å². The second kappa shape index (κ2) is 7.86. The monoisotopic (exact) mass is 406 g/mol. The smallest absolute Gasteiger partial charge is 0.266 e. The zero-order valence-corrected chi connectivity index (χ0v) is 14.9. The van der Waals surface area contributed by atoms with Crippen LogP contribution in [-0.4, -0.2) is 18.1 Å². The summed E-state index contributed by atoms with van der Waals surface area (Å²) in [6, 6.07) is 11.5. The zero-order valence-electron chi connectivity index (χ0n) is 12.5. The number of ether oxygens (including phenoxy) is 1. The Kier molecular flexibility index (Phi) is 5.85. The summed E-state index contributed by atoms with van der Waals surface area (Å²) >= 11 is 8.98. The Bertz CT molecular complexity index is 842. The molecule has 0 spiro atoms. The lowest BCUT2D eigenvalue weighted by Gasteiger charge is -2.07. The number of phenolic OH excluding ortho intramolecular Hbond substituents is 1. The molecule has 2 N–H and O–H groups in total. The lowest BCUT2D eigenvalue weighted by Crippen LogP contribution is -2.13. The molecule has 0 aliphatic carbocycles. The van der Waals surface area contributed by atoms with E-state index < -0.39 is 5.91 Å². The van der Waals surface area contributed by atoms with Crippen LogP contribution >= 0.6 is 27.5 Å². The highest BCUT2D eigenvalue weighted by atomic mass is 79.9. The fourth-order valence-electron chi connectivity index (χ4n) is 1.88. The first-order valence-electron chi connectivity index (χ1n) is 6.70. The van der Waals surface area contributed by atoms with Crippen LogP contribution in [0.2, 0.25) is 5.02 Å². The Morgan fingerprint density at radius 1 is 1.38 bits per heavy atom. The second-order valence-corrected chi connectivity index (χ2v) is 5.98. The van der Waals surface area contributed by atoms with Crippen LogP contribution < -0.4 is 10.1 Å². The van der Waals surface area contributed by atoms with Crippen LogP contribution in [0, 0.1) is 11.3 Å². The number of aromatic hydroxyl groups is 1. The Hall–Kier alpha value is -2.49. The molecule has 0 fully saturated rings. The first-order chi connectivity index (χ1) is 11.4. The van der Waals surface area contributed by atoms with E-state index in [1.807, 2.05) is 6.07 Å². The number of nitrogens with one attached hydrogen (secondary N) is 1. The van der Waals surface area contributed by atoms with Gasteiger partial charge >= 0.3 is 0 Å². The van der Waals surface area contributed by atoms with Crippen LogP contribution in [0.5, 0.6) is 11.5 Å². The van der Waals surface area contributed by atoms with Crippen molar-refractivity contribution in [1.29, 1.82) is 5.26 Å². The molecule has 0 aliphatic heterocycles. The van der Waals surface area contributed by atoms with Gasteiger partial charge in [0.25, 0.3) is 5.91 Å². The summed E-state index contributed by atoms with van der Waals surface area (Å²) in [5, 5.41) is 22.2. The quantitative estimate of drug-likeness (QED) is 0.583. The van der Waals surface area contributed by atoms with Crippen molar-refractivity contribution >= 4 is 45.2 Å². The van der Waals surface area contributed by atoms with Crippen molar-refractivity contribution in [2.24, 2.45) is 0 Å². The number of nitrogens with zero attached hydrogens (tertiary/aromatic N) is 1. The molecule has 0 radical (unpaired) electrons. The highest BCUT2D eigenvalue weighted by Gasteiger charge is 2.12. The summed E-state index contributed by atoms with van der Waals surface area (Å²) in [6.07, 6.45) is 1.40. The predicted molar refractivity (Wildman–Crippen MR) is 96.0 cm³/mol. The number of nitriles is 1. The van der Waals surface area contributed by atoms with Gasteiger partial charge in [0.05, 0.1) is 11.6 Å². The number of halogens is 2. The third-order valence-corrected chi connectivity index (χ3v) is 3.91. The maximum atomic E-state index is 12.2. The number of hydrogen-bond donors (Lipinski definition) is 2. The number of anilines is 1. The number of rotatable bonds is 4. The topological polar surface area (TPSA) is 82.3 Å². The van der Waals surface area contributed by atoms with Crippen molar-refractivity contribution in [1.82, 2.24) is 0 Å². The average Bonchev–Trinajstić information content (AvgIpc) is 2.57. The molecule has 0 unspecified atom stereocenters. The van der Waals surface area contributed by atoms with Crippen LogP contribution in [0.25, 0.3) is 6.08 Å². The molecular weight excluding hydrogens is 396 g/mol. The normalized spacial score (nSPS) is 10.8. The summed E-state index contributed by atoms with van der Waals surface area (Å²) in [6.45, 7) is 0. The van der Waals surface area contributed by atoms with Crippen molar-refractivity contribution in [2.45, 2.75) is 0 Å². The van der Waals surface area contributed by atoms with Gasteiger partial charge in [-0.05, 0) is 64.0 Å². The number of carbonyl (C=O) groups is 1. The van der Waals surface area contributed by atoms with E-state index in [0.29, 0.717) is 20.7 Å². The minimum Gasteiger partial charge on any atom is -0.503 e. The number of phenols is 1. The lowest BCUT2D eigenvalue weighted by molar-refractivity contribution is -0.112. The van der Waals surface area contributed by atoms with Crippen LogP contribution in [0.1, 0.15) is 5.56 Å². The van der Waals surface area contributed by atoms with Crippen LogP contribution in [0.15, 0.2) is 46.4 Å². The molecule has 2 aromatic carbocycles. The van der Waals surface area contributed by atoms with Crippen LogP contribution in [0.3, 0.4) is 0 Å². The van der Waals surface area contributed by atoms with Gasteiger partial charge in [-0.2, -0.15) is 5.26 Å². The molecule has 0 aromatic heterocycles. The van der Waals surface area contributed by atoms with Gasteiger partial charge in [0, 0.05) is 10.7 Å². The van der Waals surface area contributed by atoms with E-state index in [1.165, 1.54) is 19.3 Å². The minimum atomic E-state index is -0.553. The number of amides is 1. The van der Waals surface area contributed by atoms with Crippen molar-refractivity contribution < 1.29 is 14.6 Å². The Morgan fingerprint density at radius 2 is 2.04 bits per heavy atom. The van der Waals surface area contributed by atoms with E-state index in [0.717, 1.165) is 0 Å². The summed E-state index contributed by atoms with van der Waals surface area (Å²) in [5.74, 6) is -0.382. The lowest BCUT2D eigenvalue weighted by atomic mass is 10.1. The molecule has 0 aliphatic rings. The molecule has 2 aromatic rings. The minimum absolute atomic E-state index is 0.0567. The van der Waals surface area contributed by atoms with Gasteiger partial charge in [-0.25, -0.2) is 0 Å². The highest BCUT2D eigenvalue weighted by molar-refractivity contribution is 9.10. The number of hydrogen-bond acceptors (Lipinski definition) is 4. The first kappa shape index (κ1) is 17.9. The molecule has 0 saturated carbocycles. The fourth-order valence-corrected chi connectivity index (χ4v) is 2.47. The second-order valence-electron chi connectivity index (χ2n) is 4.68. The summed E-state index contributed by atoms with van der Waals surface area (Å²) in [7, 11) is 1.41. The third-order valence-electron chi connectivity index (χ3n) is 3.05. The van der Waals surface area contributed by atoms with Gasteiger partial charge in [0.2, 0.25) is 0 Å². The summed E-state index contributed by atoms with van der Waals surface area (Å²) < 4.78 is 5.44. The van der Waals surface area contributed by atoms with Gasteiger partial charge in [0.15, 0.2) is 11.5 Å². The van der Waals surface area contributed by atoms with Gasteiger partial charge in [-0.15, -0.1) is 0 Å². The highest BCUT2D eigenvalue weighted by Crippen LogP contribution is 2.35. The largest absolute Gasteiger partial charge is 0.503 e. The molecule has 0 bridgehead atoms. The van der Waals surface area contributed by atoms with Crippen molar-refractivity contribution in [3.8, 4) is 17.6 Å². The van der Waals surface area contributed by atoms with E-state index in [2.05, 4.69) is 21.2 Å². The fraction of sp³-hybridized carbons (Fsp3) is 0.0588. The molecule has 24 heavy (non-hydrogen) atoms. The molecule has 5 nitrogen and oxygen atoms in total. The molecule has 122 valence electrons. The standard InChI is InChI=1S/C17H12BrClN2O3/c1-24-15-8-10(7-14(18)16(15)22)6-11(9-20)17(23)21-13-4-2-12(19)3-5-13/h2-8,22H,1H3,(H,21,23)/b11-6+. The zero-order chi connectivity index (χ0) is 17.7. The molecular formula is C17H12BrClN2O3. The van der Waals surface area contributed by atoms with Crippen molar-refractivity contribution in [3.05, 3.63) is 57.0 Å². The van der Waals surface area contributed by atoms with E-state index in [1.54, 1.807) is 30.3 Å². The van der Waals surface area contributed by atoms with Crippen LogP contribution in [0.4, 0.5) is 5.69 Å². The number of benzene rings is 2. The maximum Gasteiger partial charge on any atom is 0.266 e. The average molecular weight is 408 g/mol. The van der Waals surface area contributed by atoms with Gasteiger partial charge in [0.1, 0.15) is 11.6 Å². The number of carbonyl (C=O) groups excluding carboxylic acids is 1. The summed E-state index contributed by atoms with van der Waals surface area (Å²) in [4.78, 5) is 12.2. The van der Waals surface area contributed by atoms with E-state index in [4.69, 9.17) is 16.3 Å². The molecule has 0 saturated heterocycles. The van der Waals surface area contributed by atoms with E-state index >= 15 is 0 Å². The van der Waals surface area contributed by atoms with Crippen LogP contribution in [-0.2, 0) is 4.79 Å². The maximum absolute atomic E-state index is 12.2. The van der Waals surface area contributed by atoms with E-state index in [9.17, 15) is 15.2 Å². The summed E-state index contributed by atoms with van der Waals surface area (Å²) in [5.41, 5.74) is 0.957. The molecule has 1 amide bonds. The number of methoxy groups -OCH3 is 1. The van der Waals surface area contributed by atoms with Gasteiger partial charge < -0.3 is 15.2 Å².